The highest BCUT2D eigenvalue weighted by Crippen LogP contribution is 2.30. The minimum absolute atomic E-state index is 0.0891. The van der Waals surface area contributed by atoms with E-state index in [0.717, 1.165) is 0 Å². The lowest BCUT2D eigenvalue weighted by molar-refractivity contribution is 0.147. The standard InChI is InChI=1S/C8H9BrF2N2O/c9-1-6-4(3-14)7(8(10)11)5(12)2-13-6/h2,8,14H,1,3,12H2. The van der Waals surface area contributed by atoms with Crippen LogP contribution in [0.25, 0.3) is 0 Å². The van der Waals surface area contributed by atoms with Crippen LogP contribution in [0.5, 0.6) is 0 Å². The summed E-state index contributed by atoms with van der Waals surface area (Å²) < 4.78 is 25.1. The number of aliphatic hydroxyl groups excluding tert-OH is 1. The van der Waals surface area contributed by atoms with Crippen LogP contribution in [0.2, 0.25) is 0 Å². The van der Waals surface area contributed by atoms with Crippen molar-refractivity contribution in [1.82, 2.24) is 4.98 Å². The van der Waals surface area contributed by atoms with E-state index in [2.05, 4.69) is 20.9 Å². The molecule has 0 saturated heterocycles. The monoisotopic (exact) mass is 266 g/mol. The molecule has 78 valence electrons. The average molecular weight is 267 g/mol. The predicted octanol–water partition coefficient (Wildman–Crippen LogP) is 1.99. The van der Waals surface area contributed by atoms with Crippen LogP contribution < -0.4 is 5.73 Å². The summed E-state index contributed by atoms with van der Waals surface area (Å²) in [7, 11) is 0. The molecule has 0 radical (unpaired) electrons. The SMILES string of the molecule is Nc1cnc(CBr)c(CO)c1C(F)F. The van der Waals surface area contributed by atoms with Gasteiger partial charge in [0, 0.05) is 16.5 Å². The summed E-state index contributed by atoms with van der Waals surface area (Å²) in [6, 6.07) is 0. The number of anilines is 1. The molecule has 0 aliphatic carbocycles. The molecule has 0 fully saturated rings. The molecule has 0 unspecified atom stereocenters. The van der Waals surface area contributed by atoms with E-state index in [1.807, 2.05) is 0 Å². The van der Waals surface area contributed by atoms with Crippen molar-refractivity contribution in [3.63, 3.8) is 0 Å². The van der Waals surface area contributed by atoms with Gasteiger partial charge in [-0.1, -0.05) is 15.9 Å². The molecular formula is C8H9BrF2N2O. The number of halogens is 3. The highest BCUT2D eigenvalue weighted by molar-refractivity contribution is 9.08. The Morgan fingerprint density at radius 3 is 2.64 bits per heavy atom. The molecule has 0 bridgehead atoms. The van der Waals surface area contributed by atoms with Crippen LogP contribution in [0.1, 0.15) is 23.2 Å². The molecule has 1 aromatic rings. The van der Waals surface area contributed by atoms with Gasteiger partial charge in [0.1, 0.15) is 0 Å². The summed E-state index contributed by atoms with van der Waals surface area (Å²) in [5.74, 6) is 0. The zero-order valence-electron chi connectivity index (χ0n) is 7.17. The minimum atomic E-state index is -2.70. The number of nitrogen functional groups attached to an aromatic ring is 1. The number of aliphatic hydroxyl groups is 1. The van der Waals surface area contributed by atoms with Crippen LogP contribution in [0, 0.1) is 0 Å². The molecular weight excluding hydrogens is 258 g/mol. The third-order valence-corrected chi connectivity index (χ3v) is 2.38. The fourth-order valence-electron chi connectivity index (χ4n) is 1.17. The Hall–Kier alpha value is -0.750. The van der Waals surface area contributed by atoms with Gasteiger partial charge >= 0.3 is 0 Å². The Morgan fingerprint density at radius 1 is 1.57 bits per heavy atom. The molecule has 0 amide bonds. The minimum Gasteiger partial charge on any atom is -0.397 e. The number of hydrogen-bond acceptors (Lipinski definition) is 3. The number of hydrogen-bond donors (Lipinski definition) is 2. The summed E-state index contributed by atoms with van der Waals surface area (Å²) in [4.78, 5) is 3.85. The van der Waals surface area contributed by atoms with Gasteiger partial charge in [0.05, 0.1) is 24.2 Å². The number of nitrogens with two attached hydrogens (primary N) is 1. The fourth-order valence-corrected chi connectivity index (χ4v) is 1.66. The van der Waals surface area contributed by atoms with Crippen molar-refractivity contribution in [1.29, 1.82) is 0 Å². The molecule has 0 aliphatic rings. The highest BCUT2D eigenvalue weighted by atomic mass is 79.9. The number of aromatic nitrogens is 1. The second-order valence-electron chi connectivity index (χ2n) is 2.64. The first-order valence-electron chi connectivity index (χ1n) is 3.82. The number of alkyl halides is 3. The van der Waals surface area contributed by atoms with Crippen LogP contribution in [0.15, 0.2) is 6.20 Å². The Morgan fingerprint density at radius 2 is 2.21 bits per heavy atom. The van der Waals surface area contributed by atoms with Crippen molar-refractivity contribution in [3.05, 3.63) is 23.0 Å². The molecule has 0 saturated carbocycles. The van der Waals surface area contributed by atoms with Crippen LogP contribution in [-0.2, 0) is 11.9 Å². The average Bonchev–Trinajstić information content (AvgIpc) is 2.16. The van der Waals surface area contributed by atoms with Crippen LogP contribution in [-0.4, -0.2) is 10.1 Å². The highest BCUT2D eigenvalue weighted by Gasteiger charge is 2.19. The van der Waals surface area contributed by atoms with Gasteiger partial charge in [0.25, 0.3) is 6.43 Å². The molecule has 3 nitrogen and oxygen atoms in total. The third-order valence-electron chi connectivity index (χ3n) is 1.85. The topological polar surface area (TPSA) is 59.1 Å². The zero-order valence-corrected chi connectivity index (χ0v) is 8.76. The van der Waals surface area contributed by atoms with Gasteiger partial charge in [0.15, 0.2) is 0 Å². The van der Waals surface area contributed by atoms with E-state index in [0.29, 0.717) is 11.0 Å². The summed E-state index contributed by atoms with van der Waals surface area (Å²) in [6.07, 6.45) is -1.52. The molecule has 3 N–H and O–H groups in total. The largest absolute Gasteiger partial charge is 0.397 e. The molecule has 6 heteroatoms. The van der Waals surface area contributed by atoms with E-state index in [9.17, 15) is 8.78 Å². The Bertz CT molecular complexity index is 333. The lowest BCUT2D eigenvalue weighted by Gasteiger charge is -2.12. The Labute approximate surface area is 88.1 Å². The molecule has 14 heavy (non-hydrogen) atoms. The Kier molecular flexibility index (Phi) is 3.77. The molecule has 0 aromatic carbocycles. The second kappa shape index (κ2) is 4.65. The van der Waals surface area contributed by atoms with Crippen molar-refractivity contribution < 1.29 is 13.9 Å². The lowest BCUT2D eigenvalue weighted by atomic mass is 10.1. The first-order valence-corrected chi connectivity index (χ1v) is 4.95. The maximum atomic E-state index is 12.6. The first kappa shape index (κ1) is 11.3. The summed E-state index contributed by atoms with van der Waals surface area (Å²) >= 11 is 3.10. The zero-order chi connectivity index (χ0) is 10.7. The number of rotatable bonds is 3. The van der Waals surface area contributed by atoms with Crippen LogP contribution in [0.3, 0.4) is 0 Å². The van der Waals surface area contributed by atoms with E-state index in [1.54, 1.807) is 0 Å². The summed E-state index contributed by atoms with van der Waals surface area (Å²) in [5.41, 5.74) is 5.44. The fraction of sp³-hybridized carbons (Fsp3) is 0.375. The van der Waals surface area contributed by atoms with Crippen molar-refractivity contribution >= 4 is 21.6 Å². The van der Waals surface area contributed by atoms with E-state index in [1.165, 1.54) is 6.20 Å². The lowest BCUT2D eigenvalue weighted by Crippen LogP contribution is -2.06. The van der Waals surface area contributed by atoms with E-state index >= 15 is 0 Å². The van der Waals surface area contributed by atoms with E-state index in [4.69, 9.17) is 10.8 Å². The summed E-state index contributed by atoms with van der Waals surface area (Å²) in [5, 5.41) is 9.26. The van der Waals surface area contributed by atoms with Gasteiger partial charge in [-0.05, 0) is 0 Å². The maximum absolute atomic E-state index is 12.6. The van der Waals surface area contributed by atoms with Crippen LogP contribution >= 0.6 is 15.9 Å². The van der Waals surface area contributed by atoms with E-state index in [-0.39, 0.29) is 16.8 Å². The van der Waals surface area contributed by atoms with Gasteiger partial charge in [-0.3, -0.25) is 4.98 Å². The number of nitrogens with zero attached hydrogens (tertiary/aromatic N) is 1. The van der Waals surface area contributed by atoms with Crippen LogP contribution in [0.4, 0.5) is 14.5 Å². The second-order valence-corrected chi connectivity index (χ2v) is 3.21. The van der Waals surface area contributed by atoms with E-state index < -0.39 is 13.0 Å². The molecule has 1 heterocycles. The normalized spacial score (nSPS) is 10.9. The van der Waals surface area contributed by atoms with Crippen molar-refractivity contribution in [2.75, 3.05) is 5.73 Å². The number of pyridine rings is 1. The summed E-state index contributed by atoms with van der Waals surface area (Å²) in [6.45, 7) is -0.487. The van der Waals surface area contributed by atoms with Gasteiger partial charge in [0.2, 0.25) is 0 Å². The van der Waals surface area contributed by atoms with Gasteiger partial charge in [-0.2, -0.15) is 0 Å². The molecule has 1 aromatic heterocycles. The molecule has 1 rings (SSSR count). The van der Waals surface area contributed by atoms with Crippen molar-refractivity contribution in [3.8, 4) is 0 Å². The molecule has 0 atom stereocenters. The van der Waals surface area contributed by atoms with Crippen molar-refractivity contribution in [2.24, 2.45) is 0 Å². The quantitative estimate of drug-likeness (QED) is 0.823. The van der Waals surface area contributed by atoms with Gasteiger partial charge in [-0.25, -0.2) is 8.78 Å². The molecule has 0 aliphatic heterocycles. The Balaban J connectivity index is 3.35. The third kappa shape index (κ3) is 2.01. The molecule has 0 spiro atoms. The predicted molar refractivity (Wildman–Crippen MR) is 52.2 cm³/mol. The smallest absolute Gasteiger partial charge is 0.266 e. The van der Waals surface area contributed by atoms with Gasteiger partial charge in [-0.15, -0.1) is 0 Å². The maximum Gasteiger partial charge on any atom is 0.266 e. The van der Waals surface area contributed by atoms with Crippen molar-refractivity contribution in [2.45, 2.75) is 18.4 Å². The first-order chi connectivity index (χ1) is 6.61. The van der Waals surface area contributed by atoms with Gasteiger partial charge < -0.3 is 10.8 Å².